The minimum absolute atomic E-state index is 0.0854. The van der Waals surface area contributed by atoms with E-state index in [9.17, 15) is 18.0 Å². The highest BCUT2D eigenvalue weighted by Gasteiger charge is 2.24. The molecule has 0 atom stereocenters. The van der Waals surface area contributed by atoms with Crippen molar-refractivity contribution in [3.63, 3.8) is 0 Å². The molecule has 0 spiro atoms. The van der Waals surface area contributed by atoms with Crippen LogP contribution >= 0.6 is 0 Å². The molecular formula is C17H24N2O5S. The maximum Gasteiger partial charge on any atom is 0.303 e. The van der Waals surface area contributed by atoms with E-state index in [0.29, 0.717) is 43.8 Å². The van der Waals surface area contributed by atoms with Gasteiger partial charge in [-0.05, 0) is 49.8 Å². The number of benzene rings is 1. The average molecular weight is 368 g/mol. The van der Waals surface area contributed by atoms with E-state index in [0.717, 1.165) is 12.8 Å². The lowest BCUT2D eigenvalue weighted by Crippen LogP contribution is -2.27. The van der Waals surface area contributed by atoms with Crippen molar-refractivity contribution in [2.24, 2.45) is 5.92 Å². The first-order valence-corrected chi connectivity index (χ1v) is 9.96. The van der Waals surface area contributed by atoms with Crippen molar-refractivity contribution in [1.82, 2.24) is 10.0 Å². The van der Waals surface area contributed by atoms with E-state index >= 15 is 0 Å². The van der Waals surface area contributed by atoms with Crippen LogP contribution in [0.1, 0.15) is 48.9 Å². The molecule has 1 aromatic carbocycles. The average Bonchev–Trinajstić information content (AvgIpc) is 3.40. The Kier molecular flexibility index (Phi) is 6.95. The minimum atomic E-state index is -3.60. The molecule has 0 saturated heterocycles. The van der Waals surface area contributed by atoms with Crippen molar-refractivity contribution in [2.75, 3.05) is 13.1 Å². The second-order valence-electron chi connectivity index (χ2n) is 6.28. The maximum atomic E-state index is 12.2. The summed E-state index contributed by atoms with van der Waals surface area (Å²) >= 11 is 0. The smallest absolute Gasteiger partial charge is 0.303 e. The molecule has 0 aliphatic heterocycles. The van der Waals surface area contributed by atoms with Crippen LogP contribution < -0.4 is 10.0 Å². The standard InChI is InChI=1S/C17H24N2O5S/c20-16(21)7-2-1-3-10-18-17(22)14-5-4-6-15(11-14)25(23,24)19-12-13-8-9-13/h4-6,11,13,19H,1-3,7-10,12H2,(H,18,22)(H,20,21). The van der Waals surface area contributed by atoms with Gasteiger partial charge in [0, 0.05) is 25.1 Å². The van der Waals surface area contributed by atoms with Crippen LogP contribution in [-0.4, -0.2) is 38.5 Å². The summed E-state index contributed by atoms with van der Waals surface area (Å²) in [5.41, 5.74) is 0.292. The molecule has 7 nitrogen and oxygen atoms in total. The van der Waals surface area contributed by atoms with Gasteiger partial charge in [0.1, 0.15) is 0 Å². The van der Waals surface area contributed by atoms with Crippen LogP contribution in [0.5, 0.6) is 0 Å². The number of hydrogen-bond donors (Lipinski definition) is 3. The zero-order chi connectivity index (χ0) is 18.3. The number of hydrogen-bond acceptors (Lipinski definition) is 4. The monoisotopic (exact) mass is 368 g/mol. The van der Waals surface area contributed by atoms with Crippen LogP contribution in [0.25, 0.3) is 0 Å². The summed E-state index contributed by atoms with van der Waals surface area (Å²) < 4.78 is 27.0. The van der Waals surface area contributed by atoms with Gasteiger partial charge in [0.05, 0.1) is 4.90 Å². The quantitative estimate of drug-likeness (QED) is 0.515. The first kappa shape index (κ1) is 19.4. The number of carboxylic acids is 1. The lowest BCUT2D eigenvalue weighted by atomic mass is 10.2. The maximum absolute atomic E-state index is 12.2. The van der Waals surface area contributed by atoms with Crippen molar-refractivity contribution >= 4 is 21.9 Å². The number of rotatable bonds is 11. The number of amides is 1. The zero-order valence-electron chi connectivity index (χ0n) is 14.0. The minimum Gasteiger partial charge on any atom is -0.481 e. The molecule has 0 unspecified atom stereocenters. The van der Waals surface area contributed by atoms with E-state index in [1.165, 1.54) is 12.1 Å². The predicted octanol–water partition coefficient (Wildman–Crippen LogP) is 1.75. The Labute approximate surface area is 147 Å². The van der Waals surface area contributed by atoms with Gasteiger partial charge in [0.25, 0.3) is 5.91 Å². The number of unbranched alkanes of at least 4 members (excludes halogenated alkanes) is 2. The van der Waals surface area contributed by atoms with Crippen LogP contribution in [0.2, 0.25) is 0 Å². The third-order valence-corrected chi connectivity index (χ3v) is 5.44. The number of carbonyl (C=O) groups is 2. The van der Waals surface area contributed by atoms with Gasteiger partial charge in [-0.15, -0.1) is 0 Å². The molecular weight excluding hydrogens is 344 g/mol. The fraction of sp³-hybridized carbons (Fsp3) is 0.529. The number of carbonyl (C=O) groups excluding carboxylic acids is 1. The van der Waals surface area contributed by atoms with Gasteiger partial charge in [-0.1, -0.05) is 12.5 Å². The number of aliphatic carboxylic acids is 1. The van der Waals surface area contributed by atoms with E-state index in [4.69, 9.17) is 5.11 Å². The van der Waals surface area contributed by atoms with Gasteiger partial charge < -0.3 is 10.4 Å². The first-order valence-electron chi connectivity index (χ1n) is 8.48. The molecule has 1 aromatic rings. The molecule has 1 fully saturated rings. The Balaban J connectivity index is 1.82. The van der Waals surface area contributed by atoms with Crippen LogP contribution in [0.3, 0.4) is 0 Å². The van der Waals surface area contributed by atoms with Crippen molar-refractivity contribution in [3.05, 3.63) is 29.8 Å². The van der Waals surface area contributed by atoms with Crippen LogP contribution in [0.4, 0.5) is 0 Å². The Morgan fingerprint density at radius 2 is 1.92 bits per heavy atom. The van der Waals surface area contributed by atoms with Gasteiger partial charge in [-0.3, -0.25) is 9.59 Å². The fourth-order valence-corrected chi connectivity index (χ4v) is 3.48. The first-order chi connectivity index (χ1) is 11.9. The topological polar surface area (TPSA) is 113 Å². The molecule has 1 amide bonds. The summed E-state index contributed by atoms with van der Waals surface area (Å²) in [5.74, 6) is -0.725. The molecule has 0 heterocycles. The van der Waals surface area contributed by atoms with Gasteiger partial charge >= 0.3 is 5.97 Å². The van der Waals surface area contributed by atoms with Crippen LogP contribution in [0.15, 0.2) is 29.2 Å². The highest BCUT2D eigenvalue weighted by molar-refractivity contribution is 7.89. The Bertz CT molecular complexity index is 714. The van der Waals surface area contributed by atoms with E-state index in [2.05, 4.69) is 10.0 Å². The molecule has 3 N–H and O–H groups in total. The molecule has 1 aliphatic carbocycles. The molecule has 1 aliphatic rings. The Morgan fingerprint density at radius 1 is 1.16 bits per heavy atom. The third-order valence-electron chi connectivity index (χ3n) is 4.02. The molecule has 0 bridgehead atoms. The molecule has 1 saturated carbocycles. The summed E-state index contributed by atoms with van der Waals surface area (Å²) in [6.07, 6.45) is 4.20. The summed E-state index contributed by atoms with van der Waals surface area (Å²) in [6, 6.07) is 5.96. The van der Waals surface area contributed by atoms with Crippen molar-refractivity contribution < 1.29 is 23.1 Å². The lowest BCUT2D eigenvalue weighted by Gasteiger charge is -2.09. The summed E-state index contributed by atoms with van der Waals surface area (Å²) in [5, 5.41) is 11.3. The number of sulfonamides is 1. The Morgan fingerprint density at radius 3 is 2.60 bits per heavy atom. The van der Waals surface area contributed by atoms with Gasteiger partial charge in [-0.2, -0.15) is 0 Å². The van der Waals surface area contributed by atoms with E-state index in [1.54, 1.807) is 12.1 Å². The van der Waals surface area contributed by atoms with Crippen LogP contribution in [-0.2, 0) is 14.8 Å². The van der Waals surface area contributed by atoms with E-state index in [1.807, 2.05) is 0 Å². The molecule has 25 heavy (non-hydrogen) atoms. The molecule has 8 heteroatoms. The molecule has 138 valence electrons. The highest BCUT2D eigenvalue weighted by atomic mass is 32.2. The Hall–Kier alpha value is -1.93. The van der Waals surface area contributed by atoms with Gasteiger partial charge in [-0.25, -0.2) is 13.1 Å². The summed E-state index contributed by atoms with van der Waals surface area (Å²) in [4.78, 5) is 22.6. The van der Waals surface area contributed by atoms with Gasteiger partial charge in [0.2, 0.25) is 10.0 Å². The predicted molar refractivity (Wildman–Crippen MR) is 92.8 cm³/mol. The fourth-order valence-electron chi connectivity index (χ4n) is 2.32. The molecule has 0 aromatic heterocycles. The van der Waals surface area contributed by atoms with Crippen molar-refractivity contribution in [3.8, 4) is 0 Å². The van der Waals surface area contributed by atoms with E-state index < -0.39 is 16.0 Å². The van der Waals surface area contributed by atoms with Crippen molar-refractivity contribution in [1.29, 1.82) is 0 Å². The van der Waals surface area contributed by atoms with E-state index in [-0.39, 0.29) is 17.2 Å². The lowest BCUT2D eigenvalue weighted by molar-refractivity contribution is -0.137. The van der Waals surface area contributed by atoms with Gasteiger partial charge in [0.15, 0.2) is 0 Å². The van der Waals surface area contributed by atoms with Crippen LogP contribution in [0, 0.1) is 5.92 Å². The highest BCUT2D eigenvalue weighted by Crippen LogP contribution is 2.28. The number of nitrogens with one attached hydrogen (secondary N) is 2. The second kappa shape index (κ2) is 8.96. The third kappa shape index (κ3) is 6.83. The molecule has 2 rings (SSSR count). The summed E-state index contributed by atoms with van der Waals surface area (Å²) in [6.45, 7) is 0.866. The van der Waals surface area contributed by atoms with Crippen molar-refractivity contribution in [2.45, 2.75) is 43.4 Å². The summed E-state index contributed by atoms with van der Waals surface area (Å²) in [7, 11) is -3.60. The normalized spacial score (nSPS) is 14.2. The molecule has 0 radical (unpaired) electrons. The second-order valence-corrected chi connectivity index (χ2v) is 8.05. The SMILES string of the molecule is O=C(O)CCCCCNC(=O)c1cccc(S(=O)(=O)NCC2CC2)c1. The largest absolute Gasteiger partial charge is 0.481 e. The number of carboxylic acid groups (broad SMARTS) is 1. The zero-order valence-corrected chi connectivity index (χ0v) is 14.8.